The van der Waals surface area contributed by atoms with Crippen LogP contribution < -0.4 is 10.6 Å². The van der Waals surface area contributed by atoms with E-state index in [9.17, 15) is 0 Å². The second kappa shape index (κ2) is 5.33. The van der Waals surface area contributed by atoms with Crippen molar-refractivity contribution in [2.24, 2.45) is 0 Å². The van der Waals surface area contributed by atoms with E-state index in [1.54, 1.807) is 6.33 Å². The van der Waals surface area contributed by atoms with Crippen molar-refractivity contribution >= 4 is 11.6 Å². The average Bonchev–Trinajstić information content (AvgIpc) is 2.89. The molecule has 1 aliphatic carbocycles. The maximum atomic E-state index is 6.04. The van der Waals surface area contributed by atoms with E-state index in [2.05, 4.69) is 21.8 Å². The highest BCUT2D eigenvalue weighted by molar-refractivity contribution is 5.57. The number of rotatable bonds is 3. The van der Waals surface area contributed by atoms with Crippen molar-refractivity contribution in [3.8, 4) is 0 Å². The summed E-state index contributed by atoms with van der Waals surface area (Å²) in [5.41, 5.74) is 7.15. The number of anilines is 2. The van der Waals surface area contributed by atoms with Crippen molar-refractivity contribution in [2.45, 2.75) is 51.2 Å². The zero-order valence-electron chi connectivity index (χ0n) is 11.5. The van der Waals surface area contributed by atoms with Crippen molar-refractivity contribution < 1.29 is 4.74 Å². The van der Waals surface area contributed by atoms with E-state index in [1.807, 2.05) is 0 Å². The summed E-state index contributed by atoms with van der Waals surface area (Å²) in [6.07, 6.45) is 7.57. The van der Waals surface area contributed by atoms with Crippen LogP contribution >= 0.6 is 0 Å². The van der Waals surface area contributed by atoms with Crippen molar-refractivity contribution in [3.63, 3.8) is 0 Å². The van der Waals surface area contributed by atoms with Gasteiger partial charge in [0.2, 0.25) is 0 Å². The summed E-state index contributed by atoms with van der Waals surface area (Å²) in [5.74, 6) is 1.67. The number of morpholine rings is 1. The van der Waals surface area contributed by atoms with E-state index in [-0.39, 0.29) is 0 Å². The minimum absolute atomic E-state index is 0.374. The molecule has 5 nitrogen and oxygen atoms in total. The topological polar surface area (TPSA) is 64.3 Å². The second-order valence-corrected chi connectivity index (χ2v) is 5.41. The lowest BCUT2D eigenvalue weighted by Gasteiger charge is -2.39. The maximum Gasteiger partial charge on any atom is 0.137 e. The molecular formula is C14H22N4O. The van der Waals surface area contributed by atoms with Gasteiger partial charge < -0.3 is 15.4 Å². The van der Waals surface area contributed by atoms with Gasteiger partial charge in [0, 0.05) is 12.1 Å². The van der Waals surface area contributed by atoms with Gasteiger partial charge in [0.25, 0.3) is 0 Å². The SMILES string of the molecule is CCCc1c(N)ncnc1N1CCOC2CCCC21. The molecule has 2 aliphatic rings. The van der Waals surface area contributed by atoms with E-state index >= 15 is 0 Å². The standard InChI is InChI=1S/C14H22N4O/c1-2-4-10-13(15)16-9-17-14(10)18-7-8-19-12-6-3-5-11(12)18/h9,11-12H,2-8H2,1H3,(H2,15,16,17). The van der Waals surface area contributed by atoms with Crippen LogP contribution in [0, 0.1) is 0 Å². The molecule has 2 N–H and O–H groups in total. The Morgan fingerprint density at radius 2 is 2.32 bits per heavy atom. The van der Waals surface area contributed by atoms with Gasteiger partial charge >= 0.3 is 0 Å². The van der Waals surface area contributed by atoms with Gasteiger partial charge in [-0.3, -0.25) is 0 Å². The molecule has 1 aliphatic heterocycles. The van der Waals surface area contributed by atoms with Crippen LogP contribution in [0.1, 0.15) is 38.2 Å². The Kier molecular flexibility index (Phi) is 3.55. The molecule has 0 bridgehead atoms. The zero-order chi connectivity index (χ0) is 13.2. The first kappa shape index (κ1) is 12.7. The third kappa shape index (κ3) is 2.27. The molecule has 19 heavy (non-hydrogen) atoms. The molecule has 104 valence electrons. The number of aromatic nitrogens is 2. The number of fused-ring (bicyclic) bond motifs is 1. The maximum absolute atomic E-state index is 6.04. The molecular weight excluding hydrogens is 240 g/mol. The van der Waals surface area contributed by atoms with E-state index in [0.717, 1.165) is 37.4 Å². The number of nitrogens with two attached hydrogens (primary N) is 1. The first-order valence-corrected chi connectivity index (χ1v) is 7.29. The Morgan fingerprint density at radius 3 is 3.16 bits per heavy atom. The molecule has 1 aromatic rings. The van der Waals surface area contributed by atoms with Gasteiger partial charge in [0.15, 0.2) is 0 Å². The van der Waals surface area contributed by atoms with Gasteiger partial charge in [0.1, 0.15) is 18.0 Å². The highest BCUT2D eigenvalue weighted by Gasteiger charge is 2.37. The first-order valence-electron chi connectivity index (χ1n) is 7.29. The molecule has 3 rings (SSSR count). The Bertz CT molecular complexity index is 451. The number of nitrogens with zero attached hydrogens (tertiary/aromatic N) is 3. The Hall–Kier alpha value is -1.36. The number of nitrogen functional groups attached to an aromatic ring is 1. The van der Waals surface area contributed by atoms with Crippen molar-refractivity contribution in [1.29, 1.82) is 0 Å². The van der Waals surface area contributed by atoms with E-state index in [4.69, 9.17) is 10.5 Å². The third-order valence-corrected chi connectivity index (χ3v) is 4.21. The van der Waals surface area contributed by atoms with Gasteiger partial charge in [0.05, 0.1) is 18.8 Å². The van der Waals surface area contributed by atoms with E-state index < -0.39 is 0 Å². The van der Waals surface area contributed by atoms with Crippen molar-refractivity contribution in [3.05, 3.63) is 11.9 Å². The summed E-state index contributed by atoms with van der Waals surface area (Å²) >= 11 is 0. The molecule has 2 unspecified atom stereocenters. The fourth-order valence-electron chi connectivity index (χ4n) is 3.34. The predicted molar refractivity (Wildman–Crippen MR) is 75.2 cm³/mol. The van der Waals surface area contributed by atoms with E-state index in [0.29, 0.717) is 18.0 Å². The number of hydrogen-bond donors (Lipinski definition) is 1. The molecule has 2 atom stereocenters. The summed E-state index contributed by atoms with van der Waals surface area (Å²) in [7, 11) is 0. The Labute approximate surface area is 114 Å². The second-order valence-electron chi connectivity index (χ2n) is 5.41. The molecule has 1 aromatic heterocycles. The predicted octanol–water partition coefficient (Wildman–Crippen LogP) is 1.77. The highest BCUT2D eigenvalue weighted by atomic mass is 16.5. The summed E-state index contributed by atoms with van der Waals surface area (Å²) in [5, 5.41) is 0. The molecule has 0 radical (unpaired) electrons. The molecule has 2 fully saturated rings. The third-order valence-electron chi connectivity index (χ3n) is 4.21. The minimum Gasteiger partial charge on any atom is -0.383 e. The molecule has 1 saturated heterocycles. The summed E-state index contributed by atoms with van der Waals surface area (Å²) in [4.78, 5) is 11.1. The normalized spacial score (nSPS) is 26.5. The lowest BCUT2D eigenvalue weighted by molar-refractivity contribution is 0.0252. The molecule has 5 heteroatoms. The van der Waals surface area contributed by atoms with Crippen LogP contribution in [0.5, 0.6) is 0 Å². The van der Waals surface area contributed by atoms with Crippen LogP contribution in [0.25, 0.3) is 0 Å². The van der Waals surface area contributed by atoms with Crippen molar-refractivity contribution in [2.75, 3.05) is 23.8 Å². The van der Waals surface area contributed by atoms with E-state index in [1.165, 1.54) is 19.3 Å². The lowest BCUT2D eigenvalue weighted by Crippen LogP contribution is -2.49. The van der Waals surface area contributed by atoms with Gasteiger partial charge in [-0.15, -0.1) is 0 Å². The molecule has 0 amide bonds. The Morgan fingerprint density at radius 1 is 1.42 bits per heavy atom. The fraction of sp³-hybridized carbons (Fsp3) is 0.714. The van der Waals surface area contributed by atoms with Crippen LogP contribution in [0.2, 0.25) is 0 Å². The van der Waals surface area contributed by atoms with Crippen LogP contribution in [0.3, 0.4) is 0 Å². The molecule has 2 heterocycles. The number of ether oxygens (including phenoxy) is 1. The summed E-state index contributed by atoms with van der Waals surface area (Å²) in [6.45, 7) is 3.86. The van der Waals surface area contributed by atoms with Crippen molar-refractivity contribution in [1.82, 2.24) is 9.97 Å². The molecule has 1 saturated carbocycles. The summed E-state index contributed by atoms with van der Waals surface area (Å²) < 4.78 is 5.87. The minimum atomic E-state index is 0.374. The number of hydrogen-bond acceptors (Lipinski definition) is 5. The average molecular weight is 262 g/mol. The quantitative estimate of drug-likeness (QED) is 0.899. The monoisotopic (exact) mass is 262 g/mol. The molecule has 0 spiro atoms. The van der Waals surface area contributed by atoms with Gasteiger partial charge in [-0.25, -0.2) is 9.97 Å². The summed E-state index contributed by atoms with van der Waals surface area (Å²) in [6, 6.07) is 0.471. The van der Waals surface area contributed by atoms with Crippen LogP contribution in [0.15, 0.2) is 6.33 Å². The van der Waals surface area contributed by atoms with Crippen LogP contribution in [0.4, 0.5) is 11.6 Å². The van der Waals surface area contributed by atoms with Crippen LogP contribution in [-0.2, 0) is 11.2 Å². The zero-order valence-corrected chi connectivity index (χ0v) is 11.5. The smallest absolute Gasteiger partial charge is 0.137 e. The Balaban J connectivity index is 1.94. The van der Waals surface area contributed by atoms with Crippen LogP contribution in [-0.4, -0.2) is 35.3 Å². The first-order chi connectivity index (χ1) is 9.31. The largest absolute Gasteiger partial charge is 0.383 e. The fourth-order valence-corrected chi connectivity index (χ4v) is 3.34. The van der Waals surface area contributed by atoms with Gasteiger partial charge in [-0.05, 0) is 25.7 Å². The lowest BCUT2D eigenvalue weighted by atomic mass is 10.1. The molecule has 0 aromatic carbocycles. The highest BCUT2D eigenvalue weighted by Crippen LogP contribution is 2.34. The van der Waals surface area contributed by atoms with Gasteiger partial charge in [-0.2, -0.15) is 0 Å². The van der Waals surface area contributed by atoms with Gasteiger partial charge in [-0.1, -0.05) is 13.3 Å².